The fourth-order valence-electron chi connectivity index (χ4n) is 2.31. The van der Waals surface area contributed by atoms with E-state index in [1.54, 1.807) is 6.92 Å². The highest BCUT2D eigenvalue weighted by molar-refractivity contribution is 5.86. The van der Waals surface area contributed by atoms with Gasteiger partial charge in [0.1, 0.15) is 0 Å². The van der Waals surface area contributed by atoms with Crippen LogP contribution in [0.25, 0.3) is 0 Å². The summed E-state index contributed by atoms with van der Waals surface area (Å²) in [5.41, 5.74) is 8.35. The Morgan fingerprint density at radius 1 is 1.40 bits per heavy atom. The highest BCUT2D eigenvalue weighted by Gasteiger charge is 2.25. The number of nitrogens with two attached hydrogens (primary N) is 1. The zero-order chi connectivity index (χ0) is 10.8. The zero-order valence-corrected chi connectivity index (χ0v) is 9.07. The van der Waals surface area contributed by atoms with Crippen molar-refractivity contribution in [3.05, 3.63) is 35.4 Å². The molecule has 1 aromatic carbocycles. The largest absolute Gasteiger partial charge is 0.322 e. The van der Waals surface area contributed by atoms with Crippen LogP contribution in [0.15, 0.2) is 24.3 Å². The predicted molar refractivity (Wildman–Crippen MR) is 60.6 cm³/mol. The summed E-state index contributed by atoms with van der Waals surface area (Å²) in [5.74, 6) is 0.351. The average molecular weight is 203 g/mol. The van der Waals surface area contributed by atoms with Crippen LogP contribution in [0.5, 0.6) is 0 Å². The molecule has 0 amide bonds. The summed E-state index contributed by atoms with van der Waals surface area (Å²) in [6.07, 6.45) is 2.84. The highest BCUT2D eigenvalue weighted by atomic mass is 16.1. The molecule has 0 fully saturated rings. The van der Waals surface area contributed by atoms with Gasteiger partial charge in [0, 0.05) is 5.92 Å². The first-order valence-electron chi connectivity index (χ1n) is 5.54. The molecule has 0 aromatic heterocycles. The van der Waals surface area contributed by atoms with E-state index in [0.29, 0.717) is 0 Å². The maximum Gasteiger partial charge on any atom is 0.152 e. The molecular formula is C13H17NO. The molecular weight excluding hydrogens is 186 g/mol. The normalized spacial score (nSPS) is 21.9. The fraction of sp³-hybridized carbons (Fsp3) is 0.462. The van der Waals surface area contributed by atoms with Crippen molar-refractivity contribution in [1.82, 2.24) is 0 Å². The van der Waals surface area contributed by atoms with E-state index >= 15 is 0 Å². The van der Waals surface area contributed by atoms with E-state index in [1.807, 2.05) is 6.07 Å². The number of Topliss-reactive ketones (excluding diaryl/α,β-unsaturated/α-hetero) is 1. The lowest BCUT2D eigenvalue weighted by Crippen LogP contribution is -2.35. The molecule has 2 N–H and O–H groups in total. The number of fused-ring (bicyclic) bond motifs is 1. The topological polar surface area (TPSA) is 43.1 Å². The minimum Gasteiger partial charge on any atom is -0.322 e. The first-order chi connectivity index (χ1) is 7.18. The molecule has 2 heteroatoms. The number of aryl methyl sites for hydroxylation is 1. The van der Waals surface area contributed by atoms with Crippen LogP contribution in [0.3, 0.4) is 0 Å². The third-order valence-electron chi connectivity index (χ3n) is 3.20. The van der Waals surface area contributed by atoms with Gasteiger partial charge in [-0.25, -0.2) is 0 Å². The number of rotatable bonds is 2. The SMILES string of the molecule is CC(N)C(=O)C1CCc2ccccc2C1. The van der Waals surface area contributed by atoms with Gasteiger partial charge in [0.25, 0.3) is 0 Å². The van der Waals surface area contributed by atoms with Crippen molar-refractivity contribution in [1.29, 1.82) is 0 Å². The van der Waals surface area contributed by atoms with Crippen molar-refractivity contribution in [3.8, 4) is 0 Å². The van der Waals surface area contributed by atoms with E-state index in [9.17, 15) is 4.79 Å². The summed E-state index contributed by atoms with van der Waals surface area (Å²) in [4.78, 5) is 11.8. The predicted octanol–water partition coefficient (Wildman–Crippen LogP) is 1.71. The van der Waals surface area contributed by atoms with E-state index in [1.165, 1.54) is 11.1 Å². The van der Waals surface area contributed by atoms with E-state index in [4.69, 9.17) is 5.73 Å². The van der Waals surface area contributed by atoms with Gasteiger partial charge in [-0.1, -0.05) is 24.3 Å². The summed E-state index contributed by atoms with van der Waals surface area (Å²) >= 11 is 0. The number of hydrogen-bond donors (Lipinski definition) is 1. The van der Waals surface area contributed by atoms with Crippen molar-refractivity contribution in [2.75, 3.05) is 0 Å². The van der Waals surface area contributed by atoms with E-state index in [-0.39, 0.29) is 17.7 Å². The third kappa shape index (κ3) is 2.10. The lowest BCUT2D eigenvalue weighted by Gasteiger charge is -2.24. The quantitative estimate of drug-likeness (QED) is 0.795. The summed E-state index contributed by atoms with van der Waals surface area (Å²) < 4.78 is 0. The summed E-state index contributed by atoms with van der Waals surface area (Å²) in [6, 6.07) is 8.06. The number of ketones is 1. The van der Waals surface area contributed by atoms with Crippen LogP contribution >= 0.6 is 0 Å². The molecule has 2 unspecified atom stereocenters. The Labute approximate surface area is 90.5 Å². The molecule has 0 radical (unpaired) electrons. The second-order valence-corrected chi connectivity index (χ2v) is 4.40. The molecule has 0 bridgehead atoms. The third-order valence-corrected chi connectivity index (χ3v) is 3.20. The number of hydrogen-bond acceptors (Lipinski definition) is 2. The Bertz CT molecular complexity index is 371. The Hall–Kier alpha value is -1.15. The van der Waals surface area contributed by atoms with Crippen LogP contribution in [0.2, 0.25) is 0 Å². The van der Waals surface area contributed by atoms with E-state index < -0.39 is 0 Å². The second kappa shape index (κ2) is 4.15. The Morgan fingerprint density at radius 2 is 2.07 bits per heavy atom. The maximum atomic E-state index is 11.8. The molecule has 1 aliphatic carbocycles. The van der Waals surface area contributed by atoms with Crippen molar-refractivity contribution in [2.45, 2.75) is 32.2 Å². The number of carbonyl (C=O) groups excluding carboxylic acids is 1. The number of carbonyl (C=O) groups is 1. The van der Waals surface area contributed by atoms with Gasteiger partial charge in [-0.3, -0.25) is 4.79 Å². The van der Waals surface area contributed by atoms with E-state index in [2.05, 4.69) is 18.2 Å². The van der Waals surface area contributed by atoms with Gasteiger partial charge < -0.3 is 5.73 Å². The Balaban J connectivity index is 2.15. The van der Waals surface area contributed by atoms with Crippen molar-refractivity contribution < 1.29 is 4.79 Å². The zero-order valence-electron chi connectivity index (χ0n) is 9.07. The molecule has 2 atom stereocenters. The molecule has 0 aliphatic heterocycles. The fourth-order valence-corrected chi connectivity index (χ4v) is 2.31. The lowest BCUT2D eigenvalue weighted by atomic mass is 9.80. The van der Waals surface area contributed by atoms with Gasteiger partial charge in [-0.15, -0.1) is 0 Å². The standard InChI is InChI=1S/C13H17NO/c1-9(14)13(15)12-7-6-10-4-2-3-5-11(10)8-12/h2-5,9,12H,6-8,14H2,1H3. The molecule has 80 valence electrons. The van der Waals surface area contributed by atoms with Crippen molar-refractivity contribution in [2.24, 2.45) is 11.7 Å². The van der Waals surface area contributed by atoms with Gasteiger partial charge in [-0.2, -0.15) is 0 Å². The Morgan fingerprint density at radius 3 is 2.73 bits per heavy atom. The highest BCUT2D eigenvalue weighted by Crippen LogP contribution is 2.26. The minimum absolute atomic E-state index is 0.139. The van der Waals surface area contributed by atoms with Gasteiger partial charge in [0.05, 0.1) is 6.04 Å². The van der Waals surface area contributed by atoms with Crippen LogP contribution in [-0.2, 0) is 17.6 Å². The molecule has 15 heavy (non-hydrogen) atoms. The van der Waals surface area contributed by atoms with Crippen LogP contribution < -0.4 is 5.73 Å². The molecule has 0 heterocycles. The van der Waals surface area contributed by atoms with Crippen molar-refractivity contribution >= 4 is 5.78 Å². The first-order valence-corrected chi connectivity index (χ1v) is 5.54. The molecule has 2 rings (SSSR count). The summed E-state index contributed by atoms with van der Waals surface area (Å²) in [7, 11) is 0. The van der Waals surface area contributed by atoms with Gasteiger partial charge in [0.15, 0.2) is 5.78 Å². The molecule has 2 nitrogen and oxygen atoms in total. The second-order valence-electron chi connectivity index (χ2n) is 4.40. The van der Waals surface area contributed by atoms with Gasteiger partial charge >= 0.3 is 0 Å². The average Bonchev–Trinajstić information content (AvgIpc) is 2.27. The van der Waals surface area contributed by atoms with Crippen molar-refractivity contribution in [3.63, 3.8) is 0 Å². The molecule has 0 saturated carbocycles. The van der Waals surface area contributed by atoms with Gasteiger partial charge in [0.2, 0.25) is 0 Å². The summed E-state index contributed by atoms with van der Waals surface area (Å²) in [5, 5.41) is 0. The Kier molecular flexibility index (Phi) is 2.87. The maximum absolute atomic E-state index is 11.8. The molecule has 0 spiro atoms. The monoisotopic (exact) mass is 203 g/mol. The van der Waals surface area contributed by atoms with Crippen LogP contribution in [0.4, 0.5) is 0 Å². The molecule has 1 aromatic rings. The van der Waals surface area contributed by atoms with Crippen LogP contribution in [0.1, 0.15) is 24.5 Å². The van der Waals surface area contributed by atoms with Crippen LogP contribution in [-0.4, -0.2) is 11.8 Å². The lowest BCUT2D eigenvalue weighted by molar-refractivity contribution is -0.124. The smallest absolute Gasteiger partial charge is 0.152 e. The van der Waals surface area contributed by atoms with Crippen LogP contribution in [0, 0.1) is 5.92 Å². The van der Waals surface area contributed by atoms with E-state index in [0.717, 1.165) is 19.3 Å². The first kappa shape index (κ1) is 10.4. The summed E-state index contributed by atoms with van der Waals surface area (Å²) in [6.45, 7) is 1.78. The molecule has 0 saturated heterocycles. The minimum atomic E-state index is -0.319. The number of benzene rings is 1. The van der Waals surface area contributed by atoms with Gasteiger partial charge in [-0.05, 0) is 37.3 Å². The molecule has 1 aliphatic rings.